The van der Waals surface area contributed by atoms with Crippen LogP contribution in [0.4, 0.5) is 10.1 Å². The summed E-state index contributed by atoms with van der Waals surface area (Å²) < 4.78 is 39.1. The summed E-state index contributed by atoms with van der Waals surface area (Å²) in [5.41, 5.74) is 1.59. The number of carbonyl (C=O) groups excluding carboxylic acids is 1. The van der Waals surface area contributed by atoms with Crippen molar-refractivity contribution < 1.29 is 17.6 Å². The van der Waals surface area contributed by atoms with Crippen molar-refractivity contribution in [3.8, 4) is 0 Å². The maximum absolute atomic E-state index is 13.9. The normalized spacial score (nSPS) is 16.1. The number of nitrogens with zero attached hydrogens (tertiary/aromatic N) is 2. The lowest BCUT2D eigenvalue weighted by Gasteiger charge is -2.33. The van der Waals surface area contributed by atoms with E-state index in [1.54, 1.807) is 18.2 Å². The molecule has 1 N–H and O–H groups in total. The Morgan fingerprint density at radius 3 is 2.32 bits per heavy atom. The van der Waals surface area contributed by atoms with E-state index in [9.17, 15) is 17.6 Å². The molecule has 0 atom stereocenters. The Hall–Kier alpha value is -1.81. The van der Waals surface area contributed by atoms with Crippen molar-refractivity contribution >= 4 is 37.5 Å². The van der Waals surface area contributed by atoms with Gasteiger partial charge >= 0.3 is 0 Å². The molecule has 0 aromatic heterocycles. The van der Waals surface area contributed by atoms with E-state index in [1.807, 2.05) is 12.1 Å². The van der Waals surface area contributed by atoms with Crippen LogP contribution in [-0.2, 0) is 16.6 Å². The third-order valence-corrected chi connectivity index (χ3v) is 6.40. The lowest BCUT2D eigenvalue weighted by atomic mass is 10.1. The number of sulfonamides is 1. The highest BCUT2D eigenvalue weighted by Gasteiger charge is 2.23. The predicted octanol–water partition coefficient (Wildman–Crippen LogP) is 2.92. The number of benzene rings is 2. The van der Waals surface area contributed by atoms with Crippen LogP contribution in [-0.4, -0.2) is 56.0 Å². The molecule has 1 saturated heterocycles. The van der Waals surface area contributed by atoms with Gasteiger partial charge in [-0.15, -0.1) is 0 Å². The zero-order valence-electron chi connectivity index (χ0n) is 15.4. The third kappa shape index (κ3) is 5.38. The zero-order valence-corrected chi connectivity index (χ0v) is 17.8. The molecule has 3 rings (SSSR count). The average Bonchev–Trinajstić information content (AvgIpc) is 2.64. The monoisotopic (exact) mass is 469 g/mol. The van der Waals surface area contributed by atoms with Gasteiger partial charge in [-0.2, -0.15) is 4.31 Å². The van der Waals surface area contributed by atoms with Gasteiger partial charge in [-0.25, -0.2) is 12.8 Å². The van der Waals surface area contributed by atoms with Crippen LogP contribution >= 0.6 is 15.9 Å². The highest BCUT2D eigenvalue weighted by Crippen LogP contribution is 2.20. The van der Waals surface area contributed by atoms with E-state index >= 15 is 0 Å². The minimum atomic E-state index is -3.14. The summed E-state index contributed by atoms with van der Waals surface area (Å²) in [6.07, 6.45) is 1.23. The van der Waals surface area contributed by atoms with E-state index in [4.69, 9.17) is 0 Å². The summed E-state index contributed by atoms with van der Waals surface area (Å²) in [7, 11) is -3.14. The number of halogens is 2. The van der Waals surface area contributed by atoms with Gasteiger partial charge in [0.05, 0.1) is 11.9 Å². The molecule has 0 bridgehead atoms. The molecule has 28 heavy (non-hydrogen) atoms. The number of nitrogens with one attached hydrogen (secondary N) is 1. The molecular formula is C19H21BrFN3O3S. The minimum absolute atomic E-state index is 0.126. The van der Waals surface area contributed by atoms with Gasteiger partial charge in [0, 0.05) is 42.8 Å². The molecule has 9 heteroatoms. The van der Waals surface area contributed by atoms with Gasteiger partial charge in [0.15, 0.2) is 0 Å². The second-order valence-electron chi connectivity index (χ2n) is 6.71. The fourth-order valence-electron chi connectivity index (χ4n) is 3.02. The van der Waals surface area contributed by atoms with E-state index in [0.29, 0.717) is 42.8 Å². The SMILES string of the molecule is CS(=O)(=O)N1CCN(Cc2ccc(C(=O)Nc3ccc(Br)cc3F)cc2)CC1. The minimum Gasteiger partial charge on any atom is -0.319 e. The Kier molecular flexibility index (Phi) is 6.49. The van der Waals surface area contributed by atoms with Crippen molar-refractivity contribution in [2.24, 2.45) is 0 Å². The number of carbonyl (C=O) groups is 1. The Morgan fingerprint density at radius 2 is 1.75 bits per heavy atom. The van der Waals surface area contributed by atoms with Gasteiger partial charge in [0.25, 0.3) is 5.91 Å². The Bertz CT molecular complexity index is 959. The van der Waals surface area contributed by atoms with Crippen molar-refractivity contribution in [3.63, 3.8) is 0 Å². The van der Waals surface area contributed by atoms with Crippen LogP contribution in [0.1, 0.15) is 15.9 Å². The first kappa shape index (κ1) is 20.9. The smallest absolute Gasteiger partial charge is 0.255 e. The van der Waals surface area contributed by atoms with Crippen LogP contribution < -0.4 is 5.32 Å². The van der Waals surface area contributed by atoms with E-state index in [1.165, 1.54) is 22.7 Å². The van der Waals surface area contributed by atoms with Crippen LogP contribution in [0.25, 0.3) is 0 Å². The maximum Gasteiger partial charge on any atom is 0.255 e. The molecule has 2 aromatic rings. The summed E-state index contributed by atoms with van der Waals surface area (Å²) in [5.74, 6) is -0.887. The highest BCUT2D eigenvalue weighted by atomic mass is 79.9. The number of anilines is 1. The number of rotatable bonds is 5. The predicted molar refractivity (Wildman–Crippen MR) is 110 cm³/mol. The van der Waals surface area contributed by atoms with Gasteiger partial charge in [-0.1, -0.05) is 28.1 Å². The van der Waals surface area contributed by atoms with Gasteiger partial charge < -0.3 is 5.32 Å². The molecule has 1 aliphatic rings. The molecule has 0 aliphatic carbocycles. The molecule has 1 fully saturated rings. The fraction of sp³-hybridized carbons (Fsp3) is 0.316. The molecule has 0 saturated carbocycles. The van der Waals surface area contributed by atoms with Crippen molar-refractivity contribution in [3.05, 3.63) is 63.9 Å². The van der Waals surface area contributed by atoms with E-state index < -0.39 is 15.8 Å². The molecule has 2 aromatic carbocycles. The molecule has 1 amide bonds. The Balaban J connectivity index is 1.57. The highest BCUT2D eigenvalue weighted by molar-refractivity contribution is 9.10. The van der Waals surface area contributed by atoms with Crippen molar-refractivity contribution in [2.75, 3.05) is 37.8 Å². The van der Waals surface area contributed by atoms with Crippen molar-refractivity contribution in [1.29, 1.82) is 0 Å². The average molecular weight is 470 g/mol. The molecule has 150 valence electrons. The lowest BCUT2D eigenvalue weighted by molar-refractivity contribution is 0.102. The summed E-state index contributed by atoms with van der Waals surface area (Å²) in [4.78, 5) is 14.5. The van der Waals surface area contributed by atoms with Crippen molar-refractivity contribution in [2.45, 2.75) is 6.54 Å². The first-order chi connectivity index (χ1) is 13.2. The number of hydrogen-bond acceptors (Lipinski definition) is 4. The Labute approximate surface area is 172 Å². The quantitative estimate of drug-likeness (QED) is 0.730. The molecule has 0 radical (unpaired) electrons. The summed E-state index contributed by atoms with van der Waals surface area (Å²) in [6, 6.07) is 11.6. The van der Waals surface area contributed by atoms with E-state index in [0.717, 1.165) is 5.56 Å². The fourth-order valence-corrected chi connectivity index (χ4v) is 4.18. The molecule has 1 heterocycles. The molecule has 0 unspecified atom stereocenters. The molecule has 0 spiro atoms. The number of hydrogen-bond donors (Lipinski definition) is 1. The summed E-state index contributed by atoms with van der Waals surface area (Å²) in [5, 5.41) is 2.57. The molecule has 6 nitrogen and oxygen atoms in total. The Morgan fingerprint density at radius 1 is 1.11 bits per heavy atom. The number of piperazine rings is 1. The van der Waals surface area contributed by atoms with Crippen LogP contribution in [0.15, 0.2) is 46.9 Å². The standard InChI is InChI=1S/C19H21BrFN3O3S/c1-28(26,27)24-10-8-23(9-11-24)13-14-2-4-15(5-3-14)19(25)22-18-7-6-16(20)12-17(18)21/h2-7,12H,8-11,13H2,1H3,(H,22,25). The van der Waals surface area contributed by atoms with Crippen LogP contribution in [0.2, 0.25) is 0 Å². The second-order valence-corrected chi connectivity index (χ2v) is 9.61. The summed E-state index contributed by atoms with van der Waals surface area (Å²) in [6.45, 7) is 2.98. The number of amides is 1. The van der Waals surface area contributed by atoms with Gasteiger partial charge in [0.1, 0.15) is 5.82 Å². The third-order valence-electron chi connectivity index (χ3n) is 4.60. The molecular weight excluding hydrogens is 449 g/mol. The zero-order chi connectivity index (χ0) is 20.3. The van der Waals surface area contributed by atoms with E-state index in [-0.39, 0.29) is 11.6 Å². The lowest BCUT2D eigenvalue weighted by Crippen LogP contribution is -2.47. The maximum atomic E-state index is 13.9. The topological polar surface area (TPSA) is 69.7 Å². The second kappa shape index (κ2) is 8.69. The summed E-state index contributed by atoms with van der Waals surface area (Å²) >= 11 is 3.18. The van der Waals surface area contributed by atoms with Gasteiger partial charge in [-0.05, 0) is 35.9 Å². The first-order valence-electron chi connectivity index (χ1n) is 8.75. The van der Waals surface area contributed by atoms with E-state index in [2.05, 4.69) is 26.1 Å². The van der Waals surface area contributed by atoms with Crippen molar-refractivity contribution in [1.82, 2.24) is 9.21 Å². The largest absolute Gasteiger partial charge is 0.319 e. The van der Waals surface area contributed by atoms with Gasteiger partial charge in [-0.3, -0.25) is 9.69 Å². The first-order valence-corrected chi connectivity index (χ1v) is 11.4. The molecule has 1 aliphatic heterocycles. The van der Waals surface area contributed by atoms with Crippen LogP contribution in [0, 0.1) is 5.82 Å². The van der Waals surface area contributed by atoms with Crippen LogP contribution in [0.3, 0.4) is 0 Å². The van der Waals surface area contributed by atoms with Gasteiger partial charge in [0.2, 0.25) is 10.0 Å². The van der Waals surface area contributed by atoms with Crippen LogP contribution in [0.5, 0.6) is 0 Å².